The summed E-state index contributed by atoms with van der Waals surface area (Å²) in [5.74, 6) is -2.95. The molecule has 2 aliphatic rings. The van der Waals surface area contributed by atoms with E-state index in [9.17, 15) is 28.0 Å². The summed E-state index contributed by atoms with van der Waals surface area (Å²) in [5.41, 5.74) is -8.34. The number of carbonyl (C=O) groups is 2. The van der Waals surface area contributed by atoms with E-state index in [2.05, 4.69) is 5.32 Å². The molecule has 2 aromatic carbocycles. The summed E-state index contributed by atoms with van der Waals surface area (Å²) in [6, 6.07) is 2.13. The van der Waals surface area contributed by atoms with Gasteiger partial charge in [-0.15, -0.1) is 0 Å². The molecular formula is C22H11B5F4N4O2S. The number of nitrogens with one attached hydrogen (secondary N) is 1. The van der Waals surface area contributed by atoms with Crippen LogP contribution in [0.15, 0.2) is 6.07 Å². The fourth-order valence-corrected chi connectivity index (χ4v) is 5.28. The molecule has 38 heavy (non-hydrogen) atoms. The summed E-state index contributed by atoms with van der Waals surface area (Å²) in [6.07, 6.45) is -4.29. The monoisotopic (exact) mass is 526 g/mol. The lowest BCUT2D eigenvalue weighted by Crippen LogP contribution is -2.59. The Bertz CT molecular complexity index is 1460. The summed E-state index contributed by atoms with van der Waals surface area (Å²) in [7, 11) is 31.3. The number of alkyl halides is 3. The van der Waals surface area contributed by atoms with Crippen LogP contribution in [0.1, 0.15) is 40.7 Å². The molecule has 180 valence electrons. The first kappa shape index (κ1) is 27.8. The van der Waals surface area contributed by atoms with Crippen molar-refractivity contribution in [1.29, 1.82) is 5.26 Å². The highest BCUT2D eigenvalue weighted by Gasteiger charge is 2.60. The van der Waals surface area contributed by atoms with Gasteiger partial charge < -0.3 is 10.2 Å². The number of thiocarbonyl (C=S) groups is 1. The van der Waals surface area contributed by atoms with Gasteiger partial charge >= 0.3 is 6.18 Å². The van der Waals surface area contributed by atoms with Crippen LogP contribution in [0, 0.1) is 17.1 Å². The molecule has 2 fully saturated rings. The minimum atomic E-state index is -5.07. The molecular weight excluding hydrogens is 514 g/mol. The van der Waals surface area contributed by atoms with Crippen molar-refractivity contribution in [3.05, 3.63) is 28.6 Å². The van der Waals surface area contributed by atoms with Gasteiger partial charge in [0.25, 0.3) is 11.8 Å². The van der Waals surface area contributed by atoms with Crippen molar-refractivity contribution in [2.45, 2.75) is 31.0 Å². The van der Waals surface area contributed by atoms with Gasteiger partial charge in [0.2, 0.25) is 0 Å². The number of nitriles is 1. The van der Waals surface area contributed by atoms with Gasteiger partial charge in [-0.1, -0.05) is 21.9 Å². The molecule has 16 heteroatoms. The van der Waals surface area contributed by atoms with Crippen LogP contribution in [0.4, 0.5) is 28.9 Å². The minimum absolute atomic E-state index is 0.141. The van der Waals surface area contributed by atoms with Gasteiger partial charge in [-0.2, -0.15) is 18.4 Å². The second-order valence-electron chi connectivity index (χ2n) is 8.76. The molecule has 1 saturated carbocycles. The van der Waals surface area contributed by atoms with E-state index in [1.807, 2.05) is 0 Å². The fraction of sp³-hybridized carbons (Fsp3) is 0.273. The second kappa shape index (κ2) is 9.22. The third-order valence-corrected chi connectivity index (χ3v) is 7.16. The Balaban J connectivity index is 2.00. The minimum Gasteiger partial charge on any atom is -0.355 e. The third kappa shape index (κ3) is 3.69. The molecule has 0 atom stereocenters. The first-order valence-electron chi connectivity index (χ1n) is 10.9. The summed E-state index contributed by atoms with van der Waals surface area (Å²) >= 11 is 5.50. The van der Waals surface area contributed by atoms with Gasteiger partial charge in [-0.3, -0.25) is 14.5 Å². The van der Waals surface area contributed by atoms with Crippen LogP contribution in [0.5, 0.6) is 0 Å². The highest BCUT2D eigenvalue weighted by molar-refractivity contribution is 7.81. The van der Waals surface area contributed by atoms with Gasteiger partial charge in [-0.25, -0.2) is 4.39 Å². The maximum absolute atomic E-state index is 15.3. The molecule has 0 unspecified atom stereocenters. The van der Waals surface area contributed by atoms with E-state index in [1.165, 1.54) is 13.1 Å². The summed E-state index contributed by atoms with van der Waals surface area (Å²) in [4.78, 5) is 27.8. The number of rotatable bonds is 3. The number of hydrogen-bond donors (Lipinski definition) is 1. The molecule has 1 saturated heterocycles. The van der Waals surface area contributed by atoms with Crippen LogP contribution in [0.3, 0.4) is 0 Å². The van der Waals surface area contributed by atoms with Crippen molar-refractivity contribution >= 4 is 107 Å². The first-order chi connectivity index (χ1) is 17.6. The van der Waals surface area contributed by atoms with Crippen LogP contribution in [-0.2, 0) is 11.0 Å². The lowest BCUT2D eigenvalue weighted by Gasteiger charge is -2.44. The van der Waals surface area contributed by atoms with Gasteiger partial charge in [0.15, 0.2) is 5.11 Å². The van der Waals surface area contributed by atoms with E-state index >= 15 is 4.39 Å². The molecule has 1 aliphatic heterocycles. The Morgan fingerprint density at radius 3 is 2.18 bits per heavy atom. The SMILES string of the molecule is [B]c1cc(C#N)c(C(F)(F)F)c([B])c1N1C(=O)C2(CCC2)N(c2c([B])c([B])c(C(=O)NC)c(F)c2[B])C1=S. The maximum Gasteiger partial charge on any atom is 0.417 e. The van der Waals surface area contributed by atoms with Crippen LogP contribution >= 0.6 is 12.2 Å². The molecule has 6 nitrogen and oxygen atoms in total. The quantitative estimate of drug-likeness (QED) is 0.288. The average molecular weight is 525 g/mol. The summed E-state index contributed by atoms with van der Waals surface area (Å²) < 4.78 is 56.9. The molecule has 0 bridgehead atoms. The predicted molar refractivity (Wildman–Crippen MR) is 142 cm³/mol. The van der Waals surface area contributed by atoms with Crippen LogP contribution in [0.25, 0.3) is 0 Å². The van der Waals surface area contributed by atoms with Crippen molar-refractivity contribution in [3.8, 4) is 6.07 Å². The number of halogens is 4. The zero-order chi connectivity index (χ0) is 28.5. The number of benzene rings is 2. The number of carbonyl (C=O) groups excluding carboxylic acids is 2. The molecule has 1 aliphatic carbocycles. The Morgan fingerprint density at radius 1 is 1.11 bits per heavy atom. The third-order valence-electron chi connectivity index (χ3n) is 6.79. The number of amides is 2. The number of nitrogens with zero attached hydrogens (tertiary/aromatic N) is 3. The van der Waals surface area contributed by atoms with Crippen LogP contribution in [-0.4, -0.2) is 68.7 Å². The van der Waals surface area contributed by atoms with E-state index in [-0.39, 0.29) is 24.0 Å². The lowest BCUT2D eigenvalue weighted by atomic mass is 9.69. The van der Waals surface area contributed by atoms with Crippen molar-refractivity contribution in [2.75, 3.05) is 16.8 Å². The van der Waals surface area contributed by atoms with Crippen molar-refractivity contribution in [3.63, 3.8) is 0 Å². The van der Waals surface area contributed by atoms with E-state index in [0.29, 0.717) is 11.3 Å². The van der Waals surface area contributed by atoms with Gasteiger partial charge in [0.1, 0.15) is 50.6 Å². The fourth-order valence-electron chi connectivity index (χ4n) is 4.84. The van der Waals surface area contributed by atoms with Crippen molar-refractivity contribution < 1.29 is 27.2 Å². The number of anilines is 2. The molecule has 1 heterocycles. The zero-order valence-electron chi connectivity index (χ0n) is 19.7. The smallest absolute Gasteiger partial charge is 0.355 e. The summed E-state index contributed by atoms with van der Waals surface area (Å²) in [6.45, 7) is 0. The second-order valence-corrected chi connectivity index (χ2v) is 9.13. The Morgan fingerprint density at radius 2 is 1.71 bits per heavy atom. The van der Waals surface area contributed by atoms with E-state index in [0.717, 1.165) is 11.0 Å². The van der Waals surface area contributed by atoms with Crippen LogP contribution < -0.4 is 42.4 Å². The Hall–Kier alpha value is -3.20. The number of hydrogen-bond acceptors (Lipinski definition) is 4. The Labute approximate surface area is 227 Å². The van der Waals surface area contributed by atoms with Gasteiger partial charge in [-0.05, 0) is 43.0 Å². The molecule has 10 radical (unpaired) electrons. The van der Waals surface area contributed by atoms with Crippen molar-refractivity contribution in [1.82, 2.24) is 5.32 Å². The van der Waals surface area contributed by atoms with Gasteiger partial charge in [0, 0.05) is 18.4 Å². The molecule has 4 rings (SSSR count). The predicted octanol–water partition coefficient (Wildman–Crippen LogP) is -1.89. The largest absolute Gasteiger partial charge is 0.417 e. The van der Waals surface area contributed by atoms with Crippen LogP contribution in [0.2, 0.25) is 0 Å². The Kier molecular flexibility index (Phi) is 6.75. The molecule has 1 spiro atoms. The topological polar surface area (TPSA) is 76.4 Å². The molecule has 2 amide bonds. The van der Waals surface area contributed by atoms with Crippen molar-refractivity contribution in [2.24, 2.45) is 0 Å². The highest BCUT2D eigenvalue weighted by Crippen LogP contribution is 2.47. The maximum atomic E-state index is 15.3. The standard InChI is InChI=1S/C22H11B5F4N4O2S/c1-33-18(36)9-11(24)13(26)17(14(27)15(9)28)35-20(38)34(19(37)21(35)3-2-4-21)16-8(23)5-7(6-32)10(12(16)25)22(29,30)31/h5H,2-4H2,1H3,(H,33,36). The van der Waals surface area contributed by atoms with Gasteiger partial charge in [0.05, 0.1) is 22.8 Å². The zero-order valence-corrected chi connectivity index (χ0v) is 20.5. The van der Waals surface area contributed by atoms with E-state index in [4.69, 9.17) is 51.4 Å². The normalized spacial score (nSPS) is 16.5. The molecule has 2 aromatic rings. The average Bonchev–Trinajstić information content (AvgIpc) is 3.03. The van der Waals surface area contributed by atoms with E-state index < -0.39 is 78.7 Å². The molecule has 0 aromatic heterocycles. The lowest BCUT2D eigenvalue weighted by molar-refractivity contribution is -0.137. The highest BCUT2D eigenvalue weighted by atomic mass is 32.1. The first-order valence-corrected chi connectivity index (χ1v) is 11.3. The van der Waals surface area contributed by atoms with E-state index in [1.54, 1.807) is 0 Å². The summed E-state index contributed by atoms with van der Waals surface area (Å²) in [5, 5.41) is 11.0. The molecule has 1 N–H and O–H groups in total.